The van der Waals surface area contributed by atoms with E-state index in [4.69, 9.17) is 0 Å². The number of nitrogens with one attached hydrogen (secondary N) is 2. The molecular formula is C21H18N6O. The molecule has 28 heavy (non-hydrogen) atoms. The Labute approximate surface area is 162 Å². The summed E-state index contributed by atoms with van der Waals surface area (Å²) in [6.07, 6.45) is 8.79. The number of aromatic nitrogens is 4. The molecule has 0 aliphatic carbocycles. The van der Waals surface area contributed by atoms with Crippen molar-refractivity contribution in [2.24, 2.45) is 0 Å². The topological polar surface area (TPSA) is 84.7 Å². The number of hydrogen-bond acceptors (Lipinski definition) is 5. The fourth-order valence-corrected chi connectivity index (χ4v) is 2.68. The molecule has 0 saturated carbocycles. The summed E-state index contributed by atoms with van der Waals surface area (Å²) >= 11 is 0. The Balaban J connectivity index is 1.41. The zero-order valence-corrected chi connectivity index (χ0v) is 15.0. The maximum Gasteiger partial charge on any atom is 0.270 e. The molecular weight excluding hydrogens is 352 g/mol. The summed E-state index contributed by atoms with van der Waals surface area (Å²) in [6, 6.07) is 16.9. The molecule has 4 aromatic rings. The van der Waals surface area contributed by atoms with Crippen LogP contribution in [0.25, 0.3) is 5.69 Å². The van der Waals surface area contributed by atoms with Crippen LogP contribution < -0.4 is 10.6 Å². The van der Waals surface area contributed by atoms with Gasteiger partial charge in [0, 0.05) is 42.7 Å². The molecule has 0 atom stereocenters. The lowest BCUT2D eigenvalue weighted by Crippen LogP contribution is -2.24. The molecule has 4 rings (SSSR count). The molecule has 3 heterocycles. The second-order valence-corrected chi connectivity index (χ2v) is 6.09. The second kappa shape index (κ2) is 8.13. The average molecular weight is 370 g/mol. The highest BCUT2D eigenvalue weighted by molar-refractivity contribution is 5.92. The molecule has 0 fully saturated rings. The Morgan fingerprint density at radius 1 is 0.964 bits per heavy atom. The van der Waals surface area contributed by atoms with Gasteiger partial charge in [-0.25, -0.2) is 9.97 Å². The van der Waals surface area contributed by atoms with Gasteiger partial charge in [0.05, 0.1) is 6.33 Å². The van der Waals surface area contributed by atoms with Crippen molar-refractivity contribution in [2.75, 3.05) is 5.32 Å². The number of carbonyl (C=O) groups is 1. The number of imidazole rings is 1. The van der Waals surface area contributed by atoms with Crippen LogP contribution in [0.4, 0.5) is 11.5 Å². The monoisotopic (exact) mass is 370 g/mol. The number of amides is 1. The van der Waals surface area contributed by atoms with Gasteiger partial charge in [0.1, 0.15) is 11.5 Å². The quantitative estimate of drug-likeness (QED) is 0.544. The summed E-state index contributed by atoms with van der Waals surface area (Å²) < 4.78 is 1.93. The molecule has 0 unspecified atom stereocenters. The zero-order chi connectivity index (χ0) is 19.2. The molecule has 0 radical (unpaired) electrons. The number of nitrogens with zero attached hydrogens (tertiary/aromatic N) is 4. The minimum atomic E-state index is -0.233. The number of carbonyl (C=O) groups excluding carboxylic acids is 1. The summed E-state index contributed by atoms with van der Waals surface area (Å²) in [6.45, 7) is 0.404. The first-order valence-corrected chi connectivity index (χ1v) is 8.77. The van der Waals surface area contributed by atoms with E-state index in [1.54, 1.807) is 37.1 Å². The fourth-order valence-electron chi connectivity index (χ4n) is 2.68. The lowest BCUT2D eigenvalue weighted by Gasteiger charge is -2.09. The van der Waals surface area contributed by atoms with Gasteiger partial charge in [-0.1, -0.05) is 12.1 Å². The van der Waals surface area contributed by atoms with E-state index in [1.165, 1.54) is 0 Å². The van der Waals surface area contributed by atoms with E-state index in [1.807, 2.05) is 53.2 Å². The van der Waals surface area contributed by atoms with Gasteiger partial charge in [-0.15, -0.1) is 0 Å². The van der Waals surface area contributed by atoms with Gasteiger partial charge >= 0.3 is 0 Å². The van der Waals surface area contributed by atoms with Gasteiger partial charge in [-0.3, -0.25) is 9.78 Å². The van der Waals surface area contributed by atoms with E-state index in [9.17, 15) is 4.79 Å². The fraction of sp³-hybridized carbons (Fsp3) is 0.0476. The van der Waals surface area contributed by atoms with E-state index in [0.717, 1.165) is 16.9 Å². The van der Waals surface area contributed by atoms with Crippen molar-refractivity contribution in [1.82, 2.24) is 24.8 Å². The SMILES string of the molecule is O=C(NCc1cccnc1)c1cccc(Nc2ccc(-n3ccnc3)cc2)n1. The molecule has 0 aliphatic rings. The van der Waals surface area contributed by atoms with Gasteiger partial charge in [-0.2, -0.15) is 0 Å². The Bertz CT molecular complexity index is 1050. The van der Waals surface area contributed by atoms with Crippen LogP contribution in [0.15, 0.2) is 85.7 Å². The molecule has 0 saturated heterocycles. The lowest BCUT2D eigenvalue weighted by molar-refractivity contribution is 0.0946. The largest absolute Gasteiger partial charge is 0.347 e. The van der Waals surface area contributed by atoms with E-state index in [-0.39, 0.29) is 5.91 Å². The highest BCUT2D eigenvalue weighted by atomic mass is 16.1. The number of pyridine rings is 2. The Hall–Kier alpha value is -4.00. The number of anilines is 2. The van der Waals surface area contributed by atoms with Crippen LogP contribution in [0, 0.1) is 0 Å². The second-order valence-electron chi connectivity index (χ2n) is 6.09. The molecule has 0 spiro atoms. The van der Waals surface area contributed by atoms with Crippen LogP contribution >= 0.6 is 0 Å². The number of rotatable bonds is 6. The summed E-state index contributed by atoms with van der Waals surface area (Å²) in [5, 5.41) is 6.07. The van der Waals surface area contributed by atoms with Crippen molar-refractivity contribution < 1.29 is 4.79 Å². The first kappa shape index (κ1) is 17.4. The highest BCUT2D eigenvalue weighted by Crippen LogP contribution is 2.17. The Morgan fingerprint density at radius 2 is 1.86 bits per heavy atom. The first-order chi connectivity index (χ1) is 13.8. The van der Waals surface area contributed by atoms with Gasteiger partial charge in [-0.05, 0) is 48.0 Å². The minimum absolute atomic E-state index is 0.233. The third kappa shape index (κ3) is 4.21. The van der Waals surface area contributed by atoms with Gasteiger partial charge in [0.2, 0.25) is 0 Å². The van der Waals surface area contributed by atoms with Gasteiger partial charge in [0.15, 0.2) is 0 Å². The molecule has 2 N–H and O–H groups in total. The van der Waals surface area contributed by atoms with Crippen LogP contribution in [-0.2, 0) is 6.54 Å². The zero-order valence-electron chi connectivity index (χ0n) is 15.0. The third-order valence-electron chi connectivity index (χ3n) is 4.10. The summed E-state index contributed by atoms with van der Waals surface area (Å²) in [5.41, 5.74) is 3.18. The Morgan fingerprint density at radius 3 is 2.61 bits per heavy atom. The highest BCUT2D eigenvalue weighted by Gasteiger charge is 2.08. The smallest absolute Gasteiger partial charge is 0.270 e. The minimum Gasteiger partial charge on any atom is -0.347 e. The third-order valence-corrected chi connectivity index (χ3v) is 4.10. The van der Waals surface area contributed by atoms with Crippen molar-refractivity contribution in [1.29, 1.82) is 0 Å². The normalized spacial score (nSPS) is 10.4. The summed E-state index contributed by atoms with van der Waals surface area (Å²) in [5.74, 6) is 0.368. The summed E-state index contributed by atoms with van der Waals surface area (Å²) in [7, 11) is 0. The van der Waals surface area contributed by atoms with Crippen LogP contribution in [0.1, 0.15) is 16.1 Å². The molecule has 7 nitrogen and oxygen atoms in total. The first-order valence-electron chi connectivity index (χ1n) is 8.77. The maximum absolute atomic E-state index is 12.4. The Kier molecular flexibility index (Phi) is 5.06. The van der Waals surface area contributed by atoms with Gasteiger partial charge in [0.25, 0.3) is 5.91 Å². The van der Waals surface area contributed by atoms with Gasteiger partial charge < -0.3 is 15.2 Å². The molecule has 7 heteroatoms. The van der Waals surface area contributed by atoms with E-state index in [0.29, 0.717) is 18.1 Å². The molecule has 0 bridgehead atoms. The van der Waals surface area contributed by atoms with Crippen molar-refractivity contribution in [3.8, 4) is 5.69 Å². The van der Waals surface area contributed by atoms with Crippen LogP contribution in [-0.4, -0.2) is 25.4 Å². The van der Waals surface area contributed by atoms with E-state index < -0.39 is 0 Å². The van der Waals surface area contributed by atoms with E-state index in [2.05, 4.69) is 25.6 Å². The van der Waals surface area contributed by atoms with Crippen LogP contribution in [0.3, 0.4) is 0 Å². The summed E-state index contributed by atoms with van der Waals surface area (Å²) in [4.78, 5) is 24.8. The number of benzene rings is 1. The predicted octanol–water partition coefficient (Wildman–Crippen LogP) is 3.34. The lowest BCUT2D eigenvalue weighted by atomic mass is 10.2. The van der Waals surface area contributed by atoms with Crippen LogP contribution in [0.5, 0.6) is 0 Å². The van der Waals surface area contributed by atoms with E-state index >= 15 is 0 Å². The predicted molar refractivity (Wildman–Crippen MR) is 106 cm³/mol. The maximum atomic E-state index is 12.4. The molecule has 3 aromatic heterocycles. The average Bonchev–Trinajstić information content (AvgIpc) is 3.28. The van der Waals surface area contributed by atoms with Crippen molar-refractivity contribution in [3.63, 3.8) is 0 Å². The molecule has 1 amide bonds. The van der Waals surface area contributed by atoms with Crippen LogP contribution in [0.2, 0.25) is 0 Å². The molecule has 1 aromatic carbocycles. The number of hydrogen-bond donors (Lipinski definition) is 2. The molecule has 138 valence electrons. The standard InChI is InChI=1S/C21H18N6O/c28-21(24-14-16-3-2-10-22-13-16)19-4-1-5-20(26-19)25-17-6-8-18(9-7-17)27-12-11-23-15-27/h1-13,15H,14H2,(H,24,28)(H,25,26). The van der Waals surface area contributed by atoms with Crippen molar-refractivity contribution in [2.45, 2.75) is 6.54 Å². The molecule has 0 aliphatic heterocycles. The van der Waals surface area contributed by atoms with Crippen molar-refractivity contribution in [3.05, 3.63) is 97.0 Å². The van der Waals surface area contributed by atoms with Crippen molar-refractivity contribution >= 4 is 17.4 Å².